The van der Waals surface area contributed by atoms with Crippen molar-refractivity contribution in [3.05, 3.63) is 65.3 Å². The lowest BCUT2D eigenvalue weighted by atomic mass is 9.78. The SMILES string of the molecule is CC/C1=C/CC/C(COC(=O)c2ccc(OC)cc2)=C\CC(CC)(CC)/C=C\C1=O. The highest BCUT2D eigenvalue weighted by Gasteiger charge is 2.23. The molecule has 2 rings (SSSR count). The Balaban J connectivity index is 2.17. The van der Waals surface area contributed by atoms with E-state index in [9.17, 15) is 9.59 Å². The fourth-order valence-corrected chi connectivity index (χ4v) is 3.60. The van der Waals surface area contributed by atoms with Gasteiger partial charge < -0.3 is 9.47 Å². The van der Waals surface area contributed by atoms with Crippen molar-refractivity contribution in [3.8, 4) is 5.75 Å². The Bertz CT molecular complexity index is 808. The van der Waals surface area contributed by atoms with Crippen LogP contribution in [-0.4, -0.2) is 25.5 Å². The van der Waals surface area contributed by atoms with Crippen molar-refractivity contribution in [1.29, 1.82) is 0 Å². The van der Waals surface area contributed by atoms with Crippen LogP contribution in [0.1, 0.15) is 69.7 Å². The molecular weight excluding hydrogens is 376 g/mol. The minimum absolute atomic E-state index is 0.0515. The number of ether oxygens (including phenoxy) is 2. The Morgan fingerprint density at radius 3 is 2.37 bits per heavy atom. The largest absolute Gasteiger partial charge is 0.497 e. The summed E-state index contributed by atoms with van der Waals surface area (Å²) in [6.07, 6.45) is 13.1. The molecule has 4 nitrogen and oxygen atoms in total. The third-order valence-electron chi connectivity index (χ3n) is 6.06. The molecule has 0 amide bonds. The lowest BCUT2D eigenvalue weighted by Gasteiger charge is -2.27. The monoisotopic (exact) mass is 410 g/mol. The van der Waals surface area contributed by atoms with Crippen LogP contribution in [0.2, 0.25) is 0 Å². The van der Waals surface area contributed by atoms with Crippen LogP contribution >= 0.6 is 0 Å². The summed E-state index contributed by atoms with van der Waals surface area (Å²) in [6, 6.07) is 6.91. The molecule has 0 aliphatic heterocycles. The fraction of sp³-hybridized carbons (Fsp3) is 0.462. The highest BCUT2D eigenvalue weighted by Crippen LogP contribution is 2.34. The van der Waals surface area contributed by atoms with E-state index in [0.717, 1.165) is 49.7 Å². The Morgan fingerprint density at radius 1 is 1.07 bits per heavy atom. The zero-order valence-corrected chi connectivity index (χ0v) is 18.7. The first-order valence-electron chi connectivity index (χ1n) is 10.9. The maximum Gasteiger partial charge on any atom is 0.338 e. The van der Waals surface area contributed by atoms with E-state index in [0.29, 0.717) is 11.3 Å². The molecule has 0 fully saturated rings. The van der Waals surface area contributed by atoms with E-state index in [1.165, 1.54) is 0 Å². The summed E-state index contributed by atoms with van der Waals surface area (Å²) in [5.41, 5.74) is 2.40. The Morgan fingerprint density at radius 2 is 1.77 bits per heavy atom. The number of esters is 1. The Kier molecular flexibility index (Phi) is 9.10. The molecule has 0 aromatic heterocycles. The van der Waals surface area contributed by atoms with Crippen LogP contribution in [0, 0.1) is 5.41 Å². The van der Waals surface area contributed by atoms with Crippen molar-refractivity contribution >= 4 is 11.8 Å². The van der Waals surface area contributed by atoms with Gasteiger partial charge in [-0.25, -0.2) is 4.79 Å². The van der Waals surface area contributed by atoms with E-state index in [2.05, 4.69) is 26.0 Å². The molecule has 1 aliphatic rings. The summed E-state index contributed by atoms with van der Waals surface area (Å²) >= 11 is 0. The van der Waals surface area contributed by atoms with Crippen LogP contribution in [0.25, 0.3) is 0 Å². The summed E-state index contributed by atoms with van der Waals surface area (Å²) in [5.74, 6) is 0.470. The lowest BCUT2D eigenvalue weighted by molar-refractivity contribution is -0.111. The number of carbonyl (C=O) groups is 2. The average molecular weight is 411 g/mol. The number of methoxy groups -OCH3 is 1. The van der Waals surface area contributed by atoms with Gasteiger partial charge in [0, 0.05) is 0 Å². The molecule has 0 saturated heterocycles. The van der Waals surface area contributed by atoms with Crippen molar-refractivity contribution in [3.63, 3.8) is 0 Å². The molecule has 1 aromatic rings. The number of hydrogen-bond donors (Lipinski definition) is 0. The van der Waals surface area contributed by atoms with Crippen LogP contribution in [0.5, 0.6) is 5.75 Å². The number of hydrogen-bond acceptors (Lipinski definition) is 4. The molecular formula is C26H34O4. The van der Waals surface area contributed by atoms with Crippen LogP contribution in [0.15, 0.2) is 59.7 Å². The van der Waals surface area contributed by atoms with Gasteiger partial charge in [0.1, 0.15) is 12.4 Å². The van der Waals surface area contributed by atoms with Crippen molar-refractivity contribution in [2.75, 3.05) is 13.7 Å². The summed E-state index contributed by atoms with van der Waals surface area (Å²) < 4.78 is 10.7. The molecule has 1 aromatic carbocycles. The van der Waals surface area contributed by atoms with Gasteiger partial charge in [0.2, 0.25) is 0 Å². The minimum Gasteiger partial charge on any atom is -0.497 e. The second-order valence-electron chi connectivity index (χ2n) is 7.76. The maximum atomic E-state index is 12.5. The third kappa shape index (κ3) is 6.45. The fourth-order valence-electron chi connectivity index (χ4n) is 3.60. The second kappa shape index (κ2) is 11.5. The van der Waals surface area contributed by atoms with E-state index in [1.54, 1.807) is 37.5 Å². The quantitative estimate of drug-likeness (QED) is 0.395. The molecule has 0 atom stereocenters. The van der Waals surface area contributed by atoms with Gasteiger partial charge in [0.25, 0.3) is 0 Å². The first-order chi connectivity index (χ1) is 14.5. The van der Waals surface area contributed by atoms with Gasteiger partial charge in [0.15, 0.2) is 5.78 Å². The topological polar surface area (TPSA) is 52.6 Å². The molecule has 0 unspecified atom stereocenters. The smallest absolute Gasteiger partial charge is 0.338 e. The van der Waals surface area contributed by atoms with Crippen LogP contribution < -0.4 is 4.74 Å². The lowest BCUT2D eigenvalue weighted by Crippen LogP contribution is -2.16. The Hall–Kier alpha value is -2.62. The number of rotatable bonds is 7. The van der Waals surface area contributed by atoms with Crippen LogP contribution in [0.3, 0.4) is 0 Å². The summed E-state index contributed by atoms with van der Waals surface area (Å²) in [5, 5.41) is 0. The molecule has 0 spiro atoms. The van der Waals surface area contributed by atoms with Gasteiger partial charge in [-0.2, -0.15) is 0 Å². The number of carbonyl (C=O) groups excluding carboxylic acids is 2. The molecule has 1 aliphatic carbocycles. The zero-order chi connectivity index (χ0) is 22.0. The van der Waals surface area contributed by atoms with Gasteiger partial charge in [-0.3, -0.25) is 4.79 Å². The van der Waals surface area contributed by atoms with Gasteiger partial charge in [-0.1, -0.05) is 39.0 Å². The molecule has 0 saturated carbocycles. The maximum absolute atomic E-state index is 12.5. The normalized spacial score (nSPS) is 21.4. The standard InChI is InChI=1S/C26H34O4/c1-5-21-10-8-9-20(15-17-26(6-2,7-3)18-16-24(21)27)19-30-25(28)22-11-13-23(29-4)14-12-22/h10-16,18H,5-9,17,19H2,1-4H3/b18-16-,20-15+,21-10-. The zero-order valence-electron chi connectivity index (χ0n) is 18.7. The number of ketones is 1. The predicted molar refractivity (Wildman–Crippen MR) is 121 cm³/mol. The molecule has 4 heteroatoms. The number of benzene rings is 1. The molecule has 162 valence electrons. The van der Waals surface area contributed by atoms with Gasteiger partial charge in [-0.15, -0.1) is 0 Å². The van der Waals surface area contributed by atoms with Gasteiger partial charge in [0.05, 0.1) is 12.7 Å². The van der Waals surface area contributed by atoms with Crippen molar-refractivity contribution < 1.29 is 19.1 Å². The summed E-state index contributed by atoms with van der Waals surface area (Å²) in [7, 11) is 1.59. The summed E-state index contributed by atoms with van der Waals surface area (Å²) in [4.78, 5) is 25.0. The third-order valence-corrected chi connectivity index (χ3v) is 6.06. The molecule has 0 bridgehead atoms. The molecule has 30 heavy (non-hydrogen) atoms. The van der Waals surface area contributed by atoms with Gasteiger partial charge >= 0.3 is 5.97 Å². The Labute approximate surface area is 180 Å². The van der Waals surface area contributed by atoms with Crippen molar-refractivity contribution in [2.24, 2.45) is 5.41 Å². The van der Waals surface area contributed by atoms with E-state index in [4.69, 9.17) is 9.47 Å². The van der Waals surface area contributed by atoms with Crippen molar-refractivity contribution in [1.82, 2.24) is 0 Å². The highest BCUT2D eigenvalue weighted by molar-refractivity contribution is 6.03. The molecule has 0 radical (unpaired) electrons. The first kappa shape index (κ1) is 23.7. The molecule has 0 N–H and O–H groups in total. The first-order valence-corrected chi connectivity index (χ1v) is 10.9. The second-order valence-corrected chi connectivity index (χ2v) is 7.76. The van der Waals surface area contributed by atoms with Gasteiger partial charge in [-0.05, 0) is 85.4 Å². The highest BCUT2D eigenvalue weighted by atomic mass is 16.5. The van der Waals surface area contributed by atoms with Crippen molar-refractivity contribution in [2.45, 2.75) is 59.3 Å². The number of allylic oxidation sites excluding steroid dienone is 5. The van der Waals surface area contributed by atoms with E-state index in [-0.39, 0.29) is 23.8 Å². The predicted octanol–water partition coefficient (Wildman–Crippen LogP) is 6.23. The van der Waals surface area contributed by atoms with E-state index in [1.807, 2.05) is 13.0 Å². The van der Waals surface area contributed by atoms with E-state index >= 15 is 0 Å². The molecule has 0 heterocycles. The van der Waals surface area contributed by atoms with Crippen LogP contribution in [-0.2, 0) is 9.53 Å². The van der Waals surface area contributed by atoms with E-state index < -0.39 is 0 Å². The minimum atomic E-state index is -0.343. The summed E-state index contributed by atoms with van der Waals surface area (Å²) in [6.45, 7) is 6.59. The van der Waals surface area contributed by atoms with Crippen LogP contribution in [0.4, 0.5) is 0 Å². The average Bonchev–Trinajstić information content (AvgIpc) is 2.82.